The van der Waals surface area contributed by atoms with Gasteiger partial charge in [0.15, 0.2) is 5.82 Å². The van der Waals surface area contributed by atoms with Crippen LogP contribution < -0.4 is 5.32 Å². The van der Waals surface area contributed by atoms with Crippen molar-refractivity contribution in [3.63, 3.8) is 0 Å². The van der Waals surface area contributed by atoms with Crippen LogP contribution in [-0.4, -0.2) is 26.8 Å². The lowest BCUT2D eigenvalue weighted by Crippen LogP contribution is -2.14. The second kappa shape index (κ2) is 8.10. The Labute approximate surface area is 163 Å². The number of amides is 1. The summed E-state index contributed by atoms with van der Waals surface area (Å²) in [4.78, 5) is 16.3. The van der Waals surface area contributed by atoms with Crippen LogP contribution in [0.1, 0.15) is 0 Å². The highest BCUT2D eigenvalue weighted by Gasteiger charge is 2.12. The zero-order chi connectivity index (χ0) is 17.8. The number of aromatic amines is 1. The largest absolute Gasteiger partial charge is 0.324 e. The molecule has 5 nitrogen and oxygen atoms in total. The molecule has 3 aromatic rings. The Hall–Kier alpha value is -1.73. The van der Waals surface area contributed by atoms with Crippen LogP contribution in [0.3, 0.4) is 0 Å². The normalized spacial score (nSPS) is 10.7. The minimum absolute atomic E-state index is 0.145. The van der Waals surface area contributed by atoms with Crippen LogP contribution in [0.25, 0.3) is 11.4 Å². The van der Waals surface area contributed by atoms with Gasteiger partial charge in [0.2, 0.25) is 11.1 Å². The number of anilines is 1. The van der Waals surface area contributed by atoms with Gasteiger partial charge < -0.3 is 5.32 Å². The molecule has 0 bridgehead atoms. The van der Waals surface area contributed by atoms with E-state index in [-0.39, 0.29) is 11.7 Å². The van der Waals surface area contributed by atoms with Gasteiger partial charge in [0.25, 0.3) is 0 Å². The minimum atomic E-state index is -0.203. The molecule has 25 heavy (non-hydrogen) atoms. The van der Waals surface area contributed by atoms with Gasteiger partial charge >= 0.3 is 0 Å². The molecule has 0 aliphatic heterocycles. The van der Waals surface area contributed by atoms with Gasteiger partial charge in [0.05, 0.1) is 21.5 Å². The van der Waals surface area contributed by atoms with E-state index in [1.54, 1.807) is 42.5 Å². The average molecular weight is 414 g/mol. The molecule has 1 heterocycles. The molecule has 0 spiro atoms. The van der Waals surface area contributed by atoms with Crippen LogP contribution >= 0.6 is 46.6 Å². The first kappa shape index (κ1) is 18.1. The molecule has 2 N–H and O–H groups in total. The number of nitrogens with zero attached hydrogens (tertiary/aromatic N) is 2. The van der Waals surface area contributed by atoms with Crippen molar-refractivity contribution in [1.82, 2.24) is 15.2 Å². The highest BCUT2D eigenvalue weighted by molar-refractivity contribution is 7.99. The number of hydrogen-bond acceptors (Lipinski definition) is 4. The van der Waals surface area contributed by atoms with Crippen LogP contribution in [0, 0.1) is 0 Å². The van der Waals surface area contributed by atoms with Gasteiger partial charge in [0, 0.05) is 10.6 Å². The molecule has 0 radical (unpaired) electrons. The summed E-state index contributed by atoms with van der Waals surface area (Å²) in [7, 11) is 0. The summed E-state index contributed by atoms with van der Waals surface area (Å²) in [6.07, 6.45) is 0. The van der Waals surface area contributed by atoms with Gasteiger partial charge in [-0.3, -0.25) is 9.89 Å². The quantitative estimate of drug-likeness (QED) is 0.567. The highest BCUT2D eigenvalue weighted by atomic mass is 35.5. The Kier molecular flexibility index (Phi) is 5.86. The zero-order valence-corrected chi connectivity index (χ0v) is 15.7. The molecule has 0 aliphatic carbocycles. The standard InChI is InChI=1S/C16H11Cl3N4OS/c17-9-5-6-11(18)10(7-9)15-21-16(23-22-15)25-8-14(24)20-13-4-2-1-3-12(13)19/h1-7H,8H2,(H,20,24)(H,21,22,23). The summed E-state index contributed by atoms with van der Waals surface area (Å²) in [5, 5.41) is 11.6. The average Bonchev–Trinajstić information content (AvgIpc) is 3.06. The molecule has 128 valence electrons. The molecule has 1 aromatic heterocycles. The Balaban J connectivity index is 1.63. The van der Waals surface area contributed by atoms with Crippen molar-refractivity contribution in [2.24, 2.45) is 0 Å². The summed E-state index contributed by atoms with van der Waals surface area (Å²) >= 11 is 19.3. The number of hydrogen-bond donors (Lipinski definition) is 2. The minimum Gasteiger partial charge on any atom is -0.324 e. The van der Waals surface area contributed by atoms with Crippen molar-refractivity contribution in [1.29, 1.82) is 0 Å². The molecule has 3 rings (SSSR count). The molecular formula is C16H11Cl3N4OS. The number of para-hydroxylation sites is 1. The molecular weight excluding hydrogens is 403 g/mol. The summed E-state index contributed by atoms with van der Waals surface area (Å²) in [5.41, 5.74) is 1.21. The maximum absolute atomic E-state index is 12.0. The van der Waals surface area contributed by atoms with E-state index in [0.29, 0.717) is 37.3 Å². The third-order valence-corrected chi connectivity index (χ3v) is 4.87. The van der Waals surface area contributed by atoms with E-state index in [4.69, 9.17) is 34.8 Å². The molecule has 0 saturated carbocycles. The van der Waals surface area contributed by atoms with E-state index in [9.17, 15) is 4.79 Å². The molecule has 0 unspecified atom stereocenters. The van der Waals surface area contributed by atoms with E-state index in [1.165, 1.54) is 11.8 Å². The monoisotopic (exact) mass is 412 g/mol. The van der Waals surface area contributed by atoms with Crippen LogP contribution in [0.5, 0.6) is 0 Å². The van der Waals surface area contributed by atoms with Gasteiger partial charge in [-0.1, -0.05) is 58.7 Å². The number of nitrogens with one attached hydrogen (secondary N) is 2. The van der Waals surface area contributed by atoms with E-state index in [0.717, 1.165) is 0 Å². The van der Waals surface area contributed by atoms with Crippen LogP contribution in [0.4, 0.5) is 5.69 Å². The second-order valence-electron chi connectivity index (χ2n) is 4.91. The lowest BCUT2D eigenvalue weighted by atomic mass is 10.2. The number of carbonyl (C=O) groups is 1. The maximum Gasteiger partial charge on any atom is 0.234 e. The van der Waals surface area contributed by atoms with Crippen molar-refractivity contribution in [2.45, 2.75) is 5.16 Å². The van der Waals surface area contributed by atoms with Gasteiger partial charge in [-0.15, -0.1) is 5.10 Å². The molecule has 2 aromatic carbocycles. The smallest absolute Gasteiger partial charge is 0.234 e. The fourth-order valence-corrected chi connectivity index (χ4v) is 3.15. The third kappa shape index (κ3) is 4.67. The fraction of sp³-hybridized carbons (Fsp3) is 0.0625. The summed E-state index contributed by atoms with van der Waals surface area (Å²) in [6, 6.07) is 12.1. The SMILES string of the molecule is O=C(CSc1n[nH]c(-c2cc(Cl)ccc2Cl)n1)Nc1ccccc1Cl. The van der Waals surface area contributed by atoms with Gasteiger partial charge in [-0.2, -0.15) is 0 Å². The predicted octanol–water partition coefficient (Wildman–Crippen LogP) is 5.16. The first-order valence-electron chi connectivity index (χ1n) is 7.08. The van der Waals surface area contributed by atoms with E-state index in [1.807, 2.05) is 0 Å². The Morgan fingerprint density at radius 2 is 1.92 bits per heavy atom. The van der Waals surface area contributed by atoms with Crippen molar-refractivity contribution in [3.8, 4) is 11.4 Å². The molecule has 0 saturated heterocycles. The molecule has 1 amide bonds. The fourth-order valence-electron chi connectivity index (χ4n) is 1.99. The Morgan fingerprint density at radius 3 is 2.72 bits per heavy atom. The lowest BCUT2D eigenvalue weighted by molar-refractivity contribution is -0.113. The Morgan fingerprint density at radius 1 is 1.12 bits per heavy atom. The van der Waals surface area contributed by atoms with E-state index < -0.39 is 0 Å². The van der Waals surface area contributed by atoms with E-state index >= 15 is 0 Å². The first-order chi connectivity index (χ1) is 12.0. The summed E-state index contributed by atoms with van der Waals surface area (Å²) < 4.78 is 0. The predicted molar refractivity (Wildman–Crippen MR) is 103 cm³/mol. The number of carbonyl (C=O) groups excluding carboxylic acids is 1. The van der Waals surface area contributed by atoms with Crippen LogP contribution in [0.2, 0.25) is 15.1 Å². The lowest BCUT2D eigenvalue weighted by Gasteiger charge is -2.05. The number of halogens is 3. The Bertz CT molecular complexity index is 916. The number of rotatable bonds is 5. The van der Waals surface area contributed by atoms with Gasteiger partial charge in [0.1, 0.15) is 0 Å². The summed E-state index contributed by atoms with van der Waals surface area (Å²) in [5.74, 6) is 0.429. The third-order valence-electron chi connectivity index (χ3n) is 3.13. The molecule has 0 atom stereocenters. The number of benzene rings is 2. The highest BCUT2D eigenvalue weighted by Crippen LogP contribution is 2.29. The van der Waals surface area contributed by atoms with Gasteiger partial charge in [-0.25, -0.2) is 4.98 Å². The number of H-pyrrole nitrogens is 1. The zero-order valence-electron chi connectivity index (χ0n) is 12.6. The van der Waals surface area contributed by atoms with Crippen molar-refractivity contribution < 1.29 is 4.79 Å². The van der Waals surface area contributed by atoms with Crippen molar-refractivity contribution >= 4 is 58.2 Å². The van der Waals surface area contributed by atoms with Crippen molar-refractivity contribution in [3.05, 3.63) is 57.5 Å². The molecule has 0 fully saturated rings. The second-order valence-corrected chi connectivity index (χ2v) is 7.10. The van der Waals surface area contributed by atoms with Gasteiger partial charge in [-0.05, 0) is 30.3 Å². The molecule has 9 heteroatoms. The summed E-state index contributed by atoms with van der Waals surface area (Å²) in [6.45, 7) is 0. The van der Waals surface area contributed by atoms with Crippen LogP contribution in [0.15, 0.2) is 47.6 Å². The molecule has 0 aliphatic rings. The topological polar surface area (TPSA) is 70.7 Å². The van der Waals surface area contributed by atoms with Crippen molar-refractivity contribution in [2.75, 3.05) is 11.1 Å². The van der Waals surface area contributed by atoms with E-state index in [2.05, 4.69) is 20.5 Å². The number of thioether (sulfide) groups is 1. The maximum atomic E-state index is 12.0. The number of aromatic nitrogens is 3. The van der Waals surface area contributed by atoms with Crippen LogP contribution in [-0.2, 0) is 4.79 Å². The first-order valence-corrected chi connectivity index (χ1v) is 9.20.